The van der Waals surface area contributed by atoms with Crippen molar-refractivity contribution in [2.24, 2.45) is 0 Å². The molecule has 1 heterocycles. The molecule has 0 bridgehead atoms. The second-order valence-corrected chi connectivity index (χ2v) is 3.42. The van der Waals surface area contributed by atoms with Crippen LogP contribution in [0.25, 0.3) is 0 Å². The first-order valence-electron chi connectivity index (χ1n) is 4.68. The van der Waals surface area contributed by atoms with Crippen molar-refractivity contribution in [2.45, 2.75) is 24.4 Å². The molecular formula is C9H16O6. The van der Waals surface area contributed by atoms with Gasteiger partial charge in [-0.3, -0.25) is 0 Å². The van der Waals surface area contributed by atoms with Crippen LogP contribution in [-0.4, -0.2) is 69.8 Å². The number of aliphatic hydroxyl groups excluding tert-OH is 5. The van der Waals surface area contributed by atoms with E-state index in [2.05, 4.69) is 0 Å². The summed E-state index contributed by atoms with van der Waals surface area (Å²) in [6.07, 6.45) is -3.54. The number of hydrogen-bond donors (Lipinski definition) is 5. The molecule has 0 aromatic carbocycles. The highest BCUT2D eigenvalue weighted by Crippen LogP contribution is 2.18. The maximum absolute atomic E-state index is 9.62. The van der Waals surface area contributed by atoms with E-state index in [1.165, 1.54) is 6.08 Å². The minimum atomic E-state index is -1.37. The molecule has 0 unspecified atom stereocenters. The second-order valence-electron chi connectivity index (χ2n) is 3.42. The first-order chi connectivity index (χ1) is 7.11. The summed E-state index contributed by atoms with van der Waals surface area (Å²) in [5, 5.41) is 46.1. The van der Waals surface area contributed by atoms with E-state index >= 15 is 0 Å². The van der Waals surface area contributed by atoms with Crippen molar-refractivity contribution in [3.05, 3.63) is 11.6 Å². The van der Waals surface area contributed by atoms with Crippen LogP contribution in [0.4, 0.5) is 0 Å². The first kappa shape index (κ1) is 12.6. The summed E-state index contributed by atoms with van der Waals surface area (Å²) in [6, 6.07) is 0. The van der Waals surface area contributed by atoms with Crippen LogP contribution in [0.1, 0.15) is 0 Å². The molecule has 15 heavy (non-hydrogen) atoms. The summed E-state index contributed by atoms with van der Waals surface area (Å²) < 4.78 is 5.06. The van der Waals surface area contributed by atoms with Gasteiger partial charge in [0.2, 0.25) is 0 Å². The van der Waals surface area contributed by atoms with Gasteiger partial charge in [0.25, 0.3) is 0 Å². The Morgan fingerprint density at radius 3 is 2.60 bits per heavy atom. The van der Waals surface area contributed by atoms with Gasteiger partial charge in [-0.05, 0) is 5.57 Å². The molecule has 0 aromatic rings. The molecule has 0 aliphatic carbocycles. The predicted molar refractivity (Wildman–Crippen MR) is 50.0 cm³/mol. The first-order valence-corrected chi connectivity index (χ1v) is 4.68. The van der Waals surface area contributed by atoms with Gasteiger partial charge in [-0.15, -0.1) is 0 Å². The van der Waals surface area contributed by atoms with Gasteiger partial charge >= 0.3 is 0 Å². The van der Waals surface area contributed by atoms with Crippen LogP contribution in [0.15, 0.2) is 11.6 Å². The van der Waals surface area contributed by atoms with E-state index in [9.17, 15) is 15.3 Å². The summed E-state index contributed by atoms with van der Waals surface area (Å²) in [5.41, 5.74) is 0.245. The van der Waals surface area contributed by atoms with Crippen LogP contribution in [0, 0.1) is 0 Å². The average Bonchev–Trinajstić information content (AvgIpc) is 2.39. The third kappa shape index (κ3) is 2.75. The molecule has 6 heteroatoms. The molecule has 0 saturated heterocycles. The highest BCUT2D eigenvalue weighted by Gasteiger charge is 2.35. The van der Waals surface area contributed by atoms with Gasteiger partial charge in [-0.1, -0.05) is 6.08 Å². The Bertz CT molecular complexity index is 229. The summed E-state index contributed by atoms with van der Waals surface area (Å²) in [6.45, 7) is -0.891. The summed E-state index contributed by atoms with van der Waals surface area (Å²) in [5.74, 6) is 0. The Hall–Kier alpha value is -0.500. The standard InChI is InChI=1S/C9H16O6/c10-3-5-1-2-15-9(6(12)4-11)8(14)7(5)13/h1,6-14H,2-4H2/t6-,7-,8+,9+/m0/s1. The maximum Gasteiger partial charge on any atom is 0.115 e. The van der Waals surface area contributed by atoms with Gasteiger partial charge in [0.05, 0.1) is 19.8 Å². The minimum absolute atomic E-state index is 0.0613. The van der Waals surface area contributed by atoms with Crippen molar-refractivity contribution in [3.63, 3.8) is 0 Å². The highest BCUT2D eigenvalue weighted by atomic mass is 16.5. The maximum atomic E-state index is 9.62. The van der Waals surface area contributed by atoms with Crippen LogP contribution in [0.5, 0.6) is 0 Å². The second kappa shape index (κ2) is 5.55. The zero-order valence-corrected chi connectivity index (χ0v) is 8.15. The fourth-order valence-electron chi connectivity index (χ4n) is 1.49. The van der Waals surface area contributed by atoms with E-state index in [-0.39, 0.29) is 18.8 Å². The van der Waals surface area contributed by atoms with Gasteiger partial charge in [0.1, 0.15) is 24.4 Å². The Morgan fingerprint density at radius 2 is 2.07 bits per heavy atom. The van der Waals surface area contributed by atoms with Crippen LogP contribution in [-0.2, 0) is 4.74 Å². The largest absolute Gasteiger partial charge is 0.394 e. The van der Waals surface area contributed by atoms with E-state index in [0.717, 1.165) is 0 Å². The zero-order chi connectivity index (χ0) is 11.4. The summed E-state index contributed by atoms with van der Waals surface area (Å²) in [4.78, 5) is 0. The monoisotopic (exact) mass is 220 g/mol. The van der Waals surface area contributed by atoms with Crippen molar-refractivity contribution in [2.75, 3.05) is 19.8 Å². The molecule has 6 nitrogen and oxygen atoms in total. The predicted octanol–water partition coefficient (Wildman–Crippen LogP) is -2.62. The summed E-state index contributed by atoms with van der Waals surface area (Å²) >= 11 is 0. The zero-order valence-electron chi connectivity index (χ0n) is 8.15. The quantitative estimate of drug-likeness (QED) is 0.333. The molecule has 0 amide bonds. The van der Waals surface area contributed by atoms with Crippen LogP contribution in [0.2, 0.25) is 0 Å². The Kier molecular flexibility index (Phi) is 4.65. The normalized spacial score (nSPS) is 34.5. The number of ether oxygens (including phenoxy) is 1. The molecule has 0 fully saturated rings. The lowest BCUT2D eigenvalue weighted by Crippen LogP contribution is -2.47. The molecule has 1 aliphatic rings. The number of rotatable bonds is 3. The van der Waals surface area contributed by atoms with Crippen molar-refractivity contribution < 1.29 is 30.3 Å². The van der Waals surface area contributed by atoms with Crippen molar-refractivity contribution in [3.8, 4) is 0 Å². The molecule has 0 radical (unpaired) electrons. The van der Waals surface area contributed by atoms with Gasteiger partial charge < -0.3 is 30.3 Å². The van der Waals surface area contributed by atoms with E-state index < -0.39 is 31.0 Å². The molecule has 4 atom stereocenters. The van der Waals surface area contributed by atoms with Crippen LogP contribution in [0.3, 0.4) is 0 Å². The SMILES string of the molecule is OCC1=CCO[C@H]([C@@H](O)CO)[C@H](O)[C@H]1O. The number of aliphatic hydroxyl groups is 5. The van der Waals surface area contributed by atoms with Gasteiger partial charge in [-0.25, -0.2) is 0 Å². The molecule has 0 saturated carbocycles. The van der Waals surface area contributed by atoms with Crippen molar-refractivity contribution >= 4 is 0 Å². The lowest BCUT2D eigenvalue weighted by atomic mass is 9.98. The van der Waals surface area contributed by atoms with Crippen LogP contribution >= 0.6 is 0 Å². The number of hydrogen-bond acceptors (Lipinski definition) is 6. The van der Waals surface area contributed by atoms with Crippen LogP contribution < -0.4 is 0 Å². The van der Waals surface area contributed by atoms with Gasteiger partial charge in [0, 0.05) is 0 Å². The lowest BCUT2D eigenvalue weighted by Gasteiger charge is -2.27. The van der Waals surface area contributed by atoms with Crippen molar-refractivity contribution in [1.29, 1.82) is 0 Å². The van der Waals surface area contributed by atoms with E-state index in [1.807, 2.05) is 0 Å². The molecule has 1 rings (SSSR count). The summed E-state index contributed by atoms with van der Waals surface area (Å²) in [7, 11) is 0. The fraction of sp³-hybridized carbons (Fsp3) is 0.778. The van der Waals surface area contributed by atoms with E-state index in [0.29, 0.717) is 0 Å². The third-order valence-corrected chi connectivity index (χ3v) is 2.42. The Morgan fingerprint density at radius 1 is 1.40 bits per heavy atom. The van der Waals surface area contributed by atoms with Gasteiger partial charge in [0.15, 0.2) is 0 Å². The molecule has 0 aromatic heterocycles. The minimum Gasteiger partial charge on any atom is -0.394 e. The molecular weight excluding hydrogens is 204 g/mol. The van der Waals surface area contributed by atoms with E-state index in [4.69, 9.17) is 14.9 Å². The Labute approximate surface area is 87.0 Å². The molecule has 88 valence electrons. The third-order valence-electron chi connectivity index (χ3n) is 2.42. The van der Waals surface area contributed by atoms with Crippen molar-refractivity contribution in [1.82, 2.24) is 0 Å². The van der Waals surface area contributed by atoms with Gasteiger partial charge in [-0.2, -0.15) is 0 Å². The topological polar surface area (TPSA) is 110 Å². The Balaban J connectivity index is 2.75. The highest BCUT2D eigenvalue weighted by molar-refractivity contribution is 5.13. The average molecular weight is 220 g/mol. The molecule has 5 N–H and O–H groups in total. The lowest BCUT2D eigenvalue weighted by molar-refractivity contribution is -0.126. The molecule has 0 spiro atoms. The fourth-order valence-corrected chi connectivity index (χ4v) is 1.49. The van der Waals surface area contributed by atoms with E-state index in [1.54, 1.807) is 0 Å². The molecule has 1 aliphatic heterocycles. The smallest absolute Gasteiger partial charge is 0.115 e.